The predicted octanol–water partition coefficient (Wildman–Crippen LogP) is 2.59. The van der Waals surface area contributed by atoms with E-state index in [0.717, 1.165) is 18.0 Å². The molecule has 1 aromatic rings. The number of hydrogen-bond acceptors (Lipinski definition) is 4. The smallest absolute Gasteiger partial charge is 0.270 e. The molecule has 1 aromatic heterocycles. The van der Waals surface area contributed by atoms with Crippen LogP contribution in [-0.2, 0) is 0 Å². The zero-order valence-corrected chi connectivity index (χ0v) is 13.6. The van der Waals surface area contributed by atoms with Gasteiger partial charge in [-0.15, -0.1) is 36.2 Å². The van der Waals surface area contributed by atoms with E-state index in [2.05, 4.69) is 29.5 Å². The molecule has 2 rings (SSSR count). The standard InChI is InChI=1S/C12H19N3OS.2ClH/c1-8(2)12-15-10(7-17-12)11(16)14-6-9-4-3-5-13-9;;/h7-9,13H,3-6H2,1-2H3,(H,14,16);2*1H. The fraction of sp³-hybridized carbons (Fsp3) is 0.667. The summed E-state index contributed by atoms with van der Waals surface area (Å²) in [7, 11) is 0. The van der Waals surface area contributed by atoms with Gasteiger partial charge in [-0.25, -0.2) is 4.98 Å². The molecule has 1 aliphatic rings. The minimum atomic E-state index is -0.0538. The third kappa shape index (κ3) is 5.26. The molecule has 1 amide bonds. The van der Waals surface area contributed by atoms with E-state index in [4.69, 9.17) is 0 Å². The lowest BCUT2D eigenvalue weighted by Gasteiger charge is -2.10. The van der Waals surface area contributed by atoms with Gasteiger partial charge in [-0.3, -0.25) is 4.79 Å². The van der Waals surface area contributed by atoms with E-state index in [0.29, 0.717) is 24.2 Å². The zero-order chi connectivity index (χ0) is 12.3. The molecule has 0 spiro atoms. The summed E-state index contributed by atoms with van der Waals surface area (Å²) < 4.78 is 0. The largest absolute Gasteiger partial charge is 0.349 e. The quantitative estimate of drug-likeness (QED) is 0.894. The van der Waals surface area contributed by atoms with E-state index in [-0.39, 0.29) is 30.7 Å². The Morgan fingerprint density at radius 1 is 1.58 bits per heavy atom. The number of amides is 1. The van der Waals surface area contributed by atoms with Crippen molar-refractivity contribution in [2.75, 3.05) is 13.1 Å². The van der Waals surface area contributed by atoms with Crippen LogP contribution in [0.2, 0.25) is 0 Å². The minimum Gasteiger partial charge on any atom is -0.349 e. The first-order chi connectivity index (χ1) is 8.16. The van der Waals surface area contributed by atoms with Crippen LogP contribution in [0.15, 0.2) is 5.38 Å². The van der Waals surface area contributed by atoms with Gasteiger partial charge in [0.25, 0.3) is 5.91 Å². The third-order valence-electron chi connectivity index (χ3n) is 2.92. The Kier molecular flexibility index (Phi) is 8.57. The van der Waals surface area contributed by atoms with Gasteiger partial charge in [-0.2, -0.15) is 0 Å². The number of nitrogens with one attached hydrogen (secondary N) is 2. The summed E-state index contributed by atoms with van der Waals surface area (Å²) in [5, 5.41) is 9.15. The molecular weight excluding hydrogens is 305 g/mol. The molecule has 7 heteroatoms. The molecule has 0 aromatic carbocycles. The minimum absolute atomic E-state index is 0. The summed E-state index contributed by atoms with van der Waals surface area (Å²) in [6.45, 7) is 5.94. The van der Waals surface area contributed by atoms with Gasteiger partial charge in [-0.1, -0.05) is 13.8 Å². The van der Waals surface area contributed by atoms with E-state index in [9.17, 15) is 4.79 Å². The lowest BCUT2D eigenvalue weighted by molar-refractivity contribution is 0.0946. The van der Waals surface area contributed by atoms with E-state index in [1.807, 2.05) is 5.38 Å². The zero-order valence-electron chi connectivity index (χ0n) is 11.1. The topological polar surface area (TPSA) is 54.0 Å². The maximum absolute atomic E-state index is 11.8. The van der Waals surface area contributed by atoms with E-state index >= 15 is 0 Å². The van der Waals surface area contributed by atoms with Gasteiger partial charge >= 0.3 is 0 Å². The van der Waals surface area contributed by atoms with Crippen molar-refractivity contribution in [1.82, 2.24) is 15.6 Å². The fourth-order valence-corrected chi connectivity index (χ4v) is 2.71. The van der Waals surface area contributed by atoms with Crippen LogP contribution in [0.3, 0.4) is 0 Å². The van der Waals surface area contributed by atoms with Gasteiger partial charge in [0.05, 0.1) is 5.01 Å². The normalized spacial score (nSPS) is 17.7. The van der Waals surface area contributed by atoms with Crippen molar-refractivity contribution in [2.24, 2.45) is 0 Å². The van der Waals surface area contributed by atoms with Crippen molar-refractivity contribution in [3.63, 3.8) is 0 Å². The van der Waals surface area contributed by atoms with E-state index in [1.165, 1.54) is 6.42 Å². The van der Waals surface area contributed by atoms with Crippen LogP contribution < -0.4 is 10.6 Å². The van der Waals surface area contributed by atoms with Crippen LogP contribution in [0.4, 0.5) is 0 Å². The van der Waals surface area contributed by atoms with Crippen molar-refractivity contribution in [2.45, 2.75) is 38.6 Å². The monoisotopic (exact) mass is 325 g/mol. The maximum atomic E-state index is 11.8. The Labute approximate surface area is 130 Å². The summed E-state index contributed by atoms with van der Waals surface area (Å²) in [5.41, 5.74) is 0.552. The molecule has 19 heavy (non-hydrogen) atoms. The van der Waals surface area contributed by atoms with Gasteiger partial charge in [0.2, 0.25) is 0 Å². The fourth-order valence-electron chi connectivity index (χ4n) is 1.89. The van der Waals surface area contributed by atoms with Gasteiger partial charge in [0.1, 0.15) is 5.69 Å². The summed E-state index contributed by atoms with van der Waals surface area (Å²) in [6.07, 6.45) is 2.35. The average molecular weight is 326 g/mol. The molecule has 4 nitrogen and oxygen atoms in total. The maximum Gasteiger partial charge on any atom is 0.270 e. The molecule has 1 saturated heterocycles. The van der Waals surface area contributed by atoms with Crippen LogP contribution in [-0.4, -0.2) is 30.0 Å². The molecule has 0 saturated carbocycles. The van der Waals surface area contributed by atoms with Crippen molar-refractivity contribution in [1.29, 1.82) is 0 Å². The van der Waals surface area contributed by atoms with Gasteiger partial charge < -0.3 is 10.6 Å². The van der Waals surface area contributed by atoms with Gasteiger partial charge in [0.15, 0.2) is 0 Å². The number of aromatic nitrogens is 1. The van der Waals surface area contributed by atoms with Crippen LogP contribution in [0.25, 0.3) is 0 Å². The van der Waals surface area contributed by atoms with E-state index < -0.39 is 0 Å². The lowest BCUT2D eigenvalue weighted by atomic mass is 10.2. The highest BCUT2D eigenvalue weighted by atomic mass is 35.5. The van der Waals surface area contributed by atoms with E-state index in [1.54, 1.807) is 11.3 Å². The predicted molar refractivity (Wildman–Crippen MR) is 84.1 cm³/mol. The van der Waals surface area contributed by atoms with Gasteiger partial charge in [0, 0.05) is 23.9 Å². The Bertz CT molecular complexity index is 392. The molecule has 1 unspecified atom stereocenters. The van der Waals surface area contributed by atoms with Gasteiger partial charge in [-0.05, 0) is 19.4 Å². The number of carbonyl (C=O) groups excluding carboxylic acids is 1. The third-order valence-corrected chi connectivity index (χ3v) is 4.07. The number of nitrogens with zero attached hydrogens (tertiary/aromatic N) is 1. The average Bonchev–Trinajstić information content (AvgIpc) is 2.96. The Morgan fingerprint density at radius 3 is 2.84 bits per heavy atom. The second kappa shape index (κ2) is 8.74. The number of halogens is 2. The highest BCUT2D eigenvalue weighted by molar-refractivity contribution is 7.09. The molecular formula is C12H21Cl2N3OS. The number of hydrogen-bond donors (Lipinski definition) is 2. The molecule has 0 aliphatic carbocycles. The van der Waals surface area contributed by atoms with Crippen molar-refractivity contribution in [3.8, 4) is 0 Å². The van der Waals surface area contributed by atoms with Crippen molar-refractivity contribution >= 4 is 42.1 Å². The molecule has 1 fully saturated rings. The SMILES string of the molecule is CC(C)c1nc(C(=O)NCC2CCCN2)cs1.Cl.Cl. The first kappa shape index (κ1) is 18.6. The molecule has 0 radical (unpaired) electrons. The summed E-state index contributed by atoms with van der Waals surface area (Å²) >= 11 is 1.56. The Hall–Kier alpha value is -0.360. The van der Waals surface area contributed by atoms with Crippen LogP contribution in [0, 0.1) is 0 Å². The molecule has 1 atom stereocenters. The molecule has 1 aliphatic heterocycles. The summed E-state index contributed by atoms with van der Waals surface area (Å²) in [4.78, 5) is 16.2. The first-order valence-electron chi connectivity index (χ1n) is 6.14. The Morgan fingerprint density at radius 2 is 2.32 bits per heavy atom. The molecule has 110 valence electrons. The van der Waals surface area contributed by atoms with Crippen LogP contribution in [0.5, 0.6) is 0 Å². The van der Waals surface area contributed by atoms with Crippen molar-refractivity contribution in [3.05, 3.63) is 16.1 Å². The molecule has 2 heterocycles. The second-order valence-corrected chi connectivity index (χ2v) is 5.62. The van der Waals surface area contributed by atoms with Crippen LogP contribution in [0.1, 0.15) is 48.1 Å². The Balaban J connectivity index is 0.00000162. The van der Waals surface area contributed by atoms with Crippen LogP contribution >= 0.6 is 36.2 Å². The second-order valence-electron chi connectivity index (χ2n) is 4.73. The summed E-state index contributed by atoms with van der Waals surface area (Å²) in [6, 6.07) is 0.433. The summed E-state index contributed by atoms with van der Waals surface area (Å²) in [5.74, 6) is 0.333. The molecule has 0 bridgehead atoms. The number of rotatable bonds is 4. The highest BCUT2D eigenvalue weighted by Crippen LogP contribution is 2.19. The first-order valence-corrected chi connectivity index (χ1v) is 7.02. The number of thiazole rings is 1. The highest BCUT2D eigenvalue weighted by Gasteiger charge is 2.17. The van der Waals surface area contributed by atoms with Crippen molar-refractivity contribution < 1.29 is 4.79 Å². The number of carbonyl (C=O) groups is 1. The lowest BCUT2D eigenvalue weighted by Crippen LogP contribution is -2.37. The molecule has 2 N–H and O–H groups in total.